The molecular weight excluding hydrogens is 362 g/mol. The number of rotatable bonds is 5. The normalized spacial score (nSPS) is 22.1. The molecule has 2 saturated heterocycles. The second-order valence-electron chi connectivity index (χ2n) is 6.91. The average Bonchev–Trinajstić information content (AvgIpc) is 3.41. The first kappa shape index (κ1) is 18.3. The van der Waals surface area contributed by atoms with Gasteiger partial charge < -0.3 is 9.64 Å². The van der Waals surface area contributed by atoms with E-state index in [2.05, 4.69) is 5.10 Å². The van der Waals surface area contributed by atoms with Crippen molar-refractivity contribution in [2.75, 3.05) is 24.7 Å². The highest BCUT2D eigenvalue weighted by molar-refractivity contribution is 7.99. The van der Waals surface area contributed by atoms with Crippen LogP contribution in [0.2, 0.25) is 0 Å². The van der Waals surface area contributed by atoms with Gasteiger partial charge >= 0.3 is 0 Å². The number of amides is 1. The van der Waals surface area contributed by atoms with Crippen LogP contribution in [0.5, 0.6) is 0 Å². The summed E-state index contributed by atoms with van der Waals surface area (Å²) in [5, 5.41) is 4.37. The molecule has 2 aromatic rings. The minimum Gasteiger partial charge on any atom is -0.376 e. The van der Waals surface area contributed by atoms with E-state index < -0.39 is 0 Å². The maximum atomic E-state index is 13.3. The van der Waals surface area contributed by atoms with Crippen LogP contribution >= 0.6 is 11.8 Å². The molecule has 0 saturated carbocycles. The molecule has 0 radical (unpaired) electrons. The molecule has 2 unspecified atom stereocenters. The first-order valence-corrected chi connectivity index (χ1v) is 10.5. The van der Waals surface area contributed by atoms with Crippen molar-refractivity contribution in [2.45, 2.75) is 31.4 Å². The lowest BCUT2D eigenvalue weighted by Crippen LogP contribution is -2.45. The van der Waals surface area contributed by atoms with Crippen molar-refractivity contribution in [1.82, 2.24) is 14.7 Å². The van der Waals surface area contributed by atoms with Crippen LogP contribution in [0.25, 0.3) is 5.69 Å². The first-order valence-electron chi connectivity index (χ1n) is 9.38. The van der Waals surface area contributed by atoms with Gasteiger partial charge in [-0.15, -0.1) is 0 Å². The van der Waals surface area contributed by atoms with Gasteiger partial charge in [0.15, 0.2) is 0 Å². The summed E-state index contributed by atoms with van der Waals surface area (Å²) in [5.41, 5.74) is 0.701. The zero-order valence-electron chi connectivity index (χ0n) is 15.1. The molecule has 142 valence electrons. The number of hydrogen-bond donors (Lipinski definition) is 0. The number of thioether (sulfide) groups is 1. The Morgan fingerprint density at radius 2 is 2.07 bits per heavy atom. The van der Waals surface area contributed by atoms with Crippen LogP contribution in [0.3, 0.4) is 0 Å². The number of hydrogen-bond acceptors (Lipinski definition) is 5. The van der Waals surface area contributed by atoms with Crippen LogP contribution in [0.15, 0.2) is 47.3 Å². The second-order valence-corrected chi connectivity index (χ2v) is 8.06. The van der Waals surface area contributed by atoms with Crippen LogP contribution in [0.4, 0.5) is 0 Å². The van der Waals surface area contributed by atoms with Gasteiger partial charge in [0.2, 0.25) is 0 Å². The van der Waals surface area contributed by atoms with E-state index in [4.69, 9.17) is 4.74 Å². The summed E-state index contributed by atoms with van der Waals surface area (Å²) in [5.74, 6) is 1.89. The highest BCUT2D eigenvalue weighted by Gasteiger charge is 2.32. The Balaban J connectivity index is 1.63. The molecule has 2 aliphatic heterocycles. The number of ether oxygens (including phenoxy) is 1. The zero-order valence-corrected chi connectivity index (χ0v) is 15.9. The lowest BCUT2D eigenvalue weighted by molar-refractivity contribution is 0.0436. The third-order valence-corrected chi connectivity index (χ3v) is 6.20. The van der Waals surface area contributed by atoms with Gasteiger partial charge in [-0.05, 0) is 43.2 Å². The van der Waals surface area contributed by atoms with Gasteiger partial charge in [0, 0.05) is 31.0 Å². The van der Waals surface area contributed by atoms with Crippen LogP contribution in [-0.2, 0) is 4.74 Å². The van der Waals surface area contributed by atoms with E-state index in [1.165, 1.54) is 16.8 Å². The number of carbonyl (C=O) groups is 1. The minimum absolute atomic E-state index is 0.0968. The standard InChI is InChI=1S/C20H23N3O3S/c24-19-9-8-18(21-23(19)15-5-2-1-3-6-15)20(25)22(16-10-12-27-14-16)13-17-7-4-11-26-17/h1-3,5-6,8-9,16-17H,4,7,10-14H2. The van der Waals surface area contributed by atoms with Gasteiger partial charge in [-0.1, -0.05) is 18.2 Å². The third-order valence-electron chi connectivity index (χ3n) is 5.05. The van der Waals surface area contributed by atoms with Gasteiger partial charge in [0.25, 0.3) is 11.5 Å². The van der Waals surface area contributed by atoms with E-state index in [0.717, 1.165) is 37.4 Å². The molecule has 1 amide bonds. The lowest BCUT2D eigenvalue weighted by Gasteiger charge is -2.30. The van der Waals surface area contributed by atoms with Gasteiger partial charge in [0.1, 0.15) is 5.69 Å². The Bertz CT molecular complexity index is 843. The van der Waals surface area contributed by atoms with Crippen LogP contribution in [0.1, 0.15) is 29.8 Å². The van der Waals surface area contributed by atoms with Crippen molar-refractivity contribution in [3.8, 4) is 5.69 Å². The Kier molecular flexibility index (Phi) is 5.59. The molecule has 0 bridgehead atoms. The first-order chi connectivity index (χ1) is 13.2. The number of benzene rings is 1. The molecule has 4 rings (SSSR count). The molecule has 27 heavy (non-hydrogen) atoms. The molecule has 2 fully saturated rings. The van der Waals surface area contributed by atoms with Crippen molar-refractivity contribution in [1.29, 1.82) is 0 Å². The molecule has 3 heterocycles. The highest BCUT2D eigenvalue weighted by atomic mass is 32.2. The van der Waals surface area contributed by atoms with Gasteiger partial charge in [-0.3, -0.25) is 9.59 Å². The largest absolute Gasteiger partial charge is 0.376 e. The van der Waals surface area contributed by atoms with E-state index in [0.29, 0.717) is 17.9 Å². The van der Waals surface area contributed by atoms with E-state index in [-0.39, 0.29) is 23.6 Å². The maximum absolute atomic E-state index is 13.3. The van der Waals surface area contributed by atoms with Crippen LogP contribution in [-0.4, -0.2) is 57.4 Å². The predicted molar refractivity (Wildman–Crippen MR) is 106 cm³/mol. The average molecular weight is 385 g/mol. The SMILES string of the molecule is O=C(c1ccc(=O)n(-c2ccccc2)n1)N(CC1CCCO1)C1CCSC1. The van der Waals surface area contributed by atoms with Crippen molar-refractivity contribution in [3.63, 3.8) is 0 Å². The van der Waals surface area contributed by atoms with Crippen molar-refractivity contribution in [2.24, 2.45) is 0 Å². The fourth-order valence-electron chi connectivity index (χ4n) is 3.60. The fourth-order valence-corrected chi connectivity index (χ4v) is 4.82. The summed E-state index contributed by atoms with van der Waals surface area (Å²) in [6.45, 7) is 1.36. The fraction of sp³-hybridized carbons (Fsp3) is 0.450. The molecule has 2 atom stereocenters. The smallest absolute Gasteiger partial charge is 0.274 e. The molecule has 0 aliphatic carbocycles. The Morgan fingerprint density at radius 3 is 2.78 bits per heavy atom. The van der Waals surface area contributed by atoms with E-state index in [1.807, 2.05) is 34.9 Å². The van der Waals surface area contributed by atoms with Crippen molar-refractivity contribution < 1.29 is 9.53 Å². The quantitative estimate of drug-likeness (QED) is 0.791. The summed E-state index contributed by atoms with van der Waals surface area (Å²) in [6.07, 6.45) is 3.12. The van der Waals surface area contributed by atoms with E-state index in [1.54, 1.807) is 12.1 Å². The van der Waals surface area contributed by atoms with Gasteiger partial charge in [-0.2, -0.15) is 21.5 Å². The lowest BCUT2D eigenvalue weighted by atomic mass is 10.1. The summed E-state index contributed by atoms with van der Waals surface area (Å²) >= 11 is 1.87. The molecule has 1 aromatic heterocycles. The monoisotopic (exact) mass is 385 g/mol. The highest BCUT2D eigenvalue weighted by Crippen LogP contribution is 2.25. The Morgan fingerprint density at radius 1 is 1.22 bits per heavy atom. The second kappa shape index (κ2) is 8.27. The van der Waals surface area contributed by atoms with Gasteiger partial charge in [0.05, 0.1) is 11.8 Å². The number of para-hydroxylation sites is 1. The molecule has 2 aliphatic rings. The predicted octanol–water partition coefficient (Wildman–Crippen LogP) is 2.36. The van der Waals surface area contributed by atoms with Crippen molar-refractivity contribution >= 4 is 17.7 Å². The molecule has 0 N–H and O–H groups in total. The van der Waals surface area contributed by atoms with Crippen LogP contribution < -0.4 is 5.56 Å². The maximum Gasteiger partial charge on any atom is 0.274 e. The summed E-state index contributed by atoms with van der Waals surface area (Å²) in [4.78, 5) is 27.5. The van der Waals surface area contributed by atoms with Crippen molar-refractivity contribution in [3.05, 3.63) is 58.5 Å². The zero-order chi connectivity index (χ0) is 18.6. The third kappa shape index (κ3) is 4.09. The number of carbonyl (C=O) groups excluding carboxylic acids is 1. The molecule has 7 heteroatoms. The summed E-state index contributed by atoms with van der Waals surface area (Å²) < 4.78 is 7.06. The van der Waals surface area contributed by atoms with Crippen LogP contribution in [0, 0.1) is 0 Å². The molecular formula is C20H23N3O3S. The Labute approximate surface area is 162 Å². The minimum atomic E-state index is -0.250. The molecule has 6 nitrogen and oxygen atoms in total. The molecule has 1 aromatic carbocycles. The number of nitrogens with zero attached hydrogens (tertiary/aromatic N) is 3. The topological polar surface area (TPSA) is 64.4 Å². The summed E-state index contributed by atoms with van der Waals surface area (Å²) in [6, 6.07) is 12.3. The molecule has 0 spiro atoms. The van der Waals surface area contributed by atoms with E-state index >= 15 is 0 Å². The summed E-state index contributed by atoms with van der Waals surface area (Å²) in [7, 11) is 0. The number of aromatic nitrogens is 2. The Hall–Kier alpha value is -2.12. The van der Waals surface area contributed by atoms with E-state index in [9.17, 15) is 9.59 Å². The van der Waals surface area contributed by atoms with Gasteiger partial charge in [-0.25, -0.2) is 0 Å².